The van der Waals surface area contributed by atoms with E-state index in [4.69, 9.17) is 4.42 Å². The summed E-state index contributed by atoms with van der Waals surface area (Å²) in [6.07, 6.45) is 1.96. The lowest BCUT2D eigenvalue weighted by Gasteiger charge is -2.08. The third kappa shape index (κ3) is 1.82. The maximum atomic E-state index is 12.1. The van der Waals surface area contributed by atoms with Crippen molar-refractivity contribution in [1.29, 1.82) is 0 Å². The highest BCUT2D eigenvalue weighted by molar-refractivity contribution is 6.14. The number of para-hydroxylation sites is 1. The molecule has 2 aromatic heterocycles. The van der Waals surface area contributed by atoms with Crippen LogP contribution in [-0.4, -0.2) is 4.98 Å². The van der Waals surface area contributed by atoms with E-state index in [0.717, 1.165) is 38.2 Å². The van der Waals surface area contributed by atoms with Crippen molar-refractivity contribution >= 4 is 32.6 Å². The fourth-order valence-corrected chi connectivity index (χ4v) is 3.45. The highest BCUT2D eigenvalue weighted by atomic mass is 16.4. The number of H-pyrrole nitrogens is 1. The maximum Gasteiger partial charge on any atom is 0.336 e. The van der Waals surface area contributed by atoms with Crippen LogP contribution in [0.15, 0.2) is 82.1 Å². The minimum atomic E-state index is -0.335. The van der Waals surface area contributed by atoms with Gasteiger partial charge in [-0.2, -0.15) is 0 Å². The normalized spacial score (nSPS) is 11.5. The zero-order chi connectivity index (χ0) is 16.1. The van der Waals surface area contributed by atoms with Gasteiger partial charge in [-0.3, -0.25) is 0 Å². The lowest BCUT2D eigenvalue weighted by Crippen LogP contribution is -1.98. The highest BCUT2D eigenvalue weighted by Gasteiger charge is 2.14. The molecule has 0 atom stereocenters. The van der Waals surface area contributed by atoms with Gasteiger partial charge in [-0.05, 0) is 22.9 Å². The molecule has 0 saturated carbocycles. The molecule has 0 radical (unpaired) electrons. The summed E-state index contributed by atoms with van der Waals surface area (Å²) in [5, 5.41) is 4.27. The third-order valence-electron chi connectivity index (χ3n) is 4.51. The van der Waals surface area contributed by atoms with Crippen molar-refractivity contribution in [3.63, 3.8) is 0 Å². The topological polar surface area (TPSA) is 46.0 Å². The number of aromatic nitrogens is 1. The second-order valence-corrected chi connectivity index (χ2v) is 5.89. The summed E-state index contributed by atoms with van der Waals surface area (Å²) in [5.41, 5.74) is 3.24. The molecule has 0 amide bonds. The summed E-state index contributed by atoms with van der Waals surface area (Å²) in [5.74, 6) is 0. The van der Waals surface area contributed by atoms with Crippen LogP contribution in [0, 0.1) is 0 Å². The Labute approximate surface area is 137 Å². The second-order valence-electron chi connectivity index (χ2n) is 5.89. The Kier molecular flexibility index (Phi) is 2.65. The summed E-state index contributed by atoms with van der Waals surface area (Å²) in [6, 6.07) is 21.7. The molecule has 0 saturated heterocycles. The van der Waals surface area contributed by atoms with Crippen LogP contribution < -0.4 is 5.63 Å². The zero-order valence-electron chi connectivity index (χ0n) is 12.7. The number of aromatic amines is 1. The molecule has 5 aromatic rings. The quantitative estimate of drug-likeness (QED) is 0.346. The van der Waals surface area contributed by atoms with Crippen LogP contribution in [0.3, 0.4) is 0 Å². The van der Waals surface area contributed by atoms with Gasteiger partial charge in [0, 0.05) is 39.7 Å². The van der Waals surface area contributed by atoms with Crippen LogP contribution >= 0.6 is 0 Å². The molecule has 3 aromatic carbocycles. The molecule has 0 unspecified atom stereocenters. The molecular formula is C21H13NO2. The van der Waals surface area contributed by atoms with Crippen molar-refractivity contribution in [1.82, 2.24) is 4.98 Å². The molecule has 3 nitrogen and oxygen atoms in total. The molecule has 2 heterocycles. The van der Waals surface area contributed by atoms with E-state index in [1.54, 1.807) is 6.07 Å². The van der Waals surface area contributed by atoms with Crippen LogP contribution in [0.4, 0.5) is 0 Å². The van der Waals surface area contributed by atoms with Crippen LogP contribution in [0.1, 0.15) is 0 Å². The van der Waals surface area contributed by atoms with E-state index in [2.05, 4.69) is 23.2 Å². The predicted octanol–water partition coefficient (Wildman–Crippen LogP) is 5.09. The molecular weight excluding hydrogens is 298 g/mol. The average Bonchev–Trinajstić information content (AvgIpc) is 3.04. The molecule has 0 aliphatic rings. The number of rotatable bonds is 1. The Balaban J connectivity index is 2.01. The number of hydrogen-bond acceptors (Lipinski definition) is 2. The van der Waals surface area contributed by atoms with Gasteiger partial charge in [-0.15, -0.1) is 0 Å². The SMILES string of the molecule is O=c1cc(-c2c[nH]c3ccccc23)c2c(ccc3ccccc32)o1. The van der Waals surface area contributed by atoms with Gasteiger partial charge in [0.05, 0.1) is 0 Å². The van der Waals surface area contributed by atoms with Crippen LogP contribution in [0.5, 0.6) is 0 Å². The Bertz CT molecular complexity index is 1280. The summed E-state index contributed by atoms with van der Waals surface area (Å²) in [4.78, 5) is 15.4. The fourth-order valence-electron chi connectivity index (χ4n) is 3.45. The zero-order valence-corrected chi connectivity index (χ0v) is 12.7. The minimum Gasteiger partial charge on any atom is -0.423 e. The maximum absolute atomic E-state index is 12.1. The molecule has 24 heavy (non-hydrogen) atoms. The summed E-state index contributed by atoms with van der Waals surface area (Å²) in [6.45, 7) is 0. The van der Waals surface area contributed by atoms with Gasteiger partial charge in [-0.25, -0.2) is 4.79 Å². The molecule has 0 spiro atoms. The van der Waals surface area contributed by atoms with E-state index in [9.17, 15) is 4.79 Å². The Morgan fingerprint density at radius 1 is 0.792 bits per heavy atom. The Morgan fingerprint density at radius 2 is 1.58 bits per heavy atom. The monoisotopic (exact) mass is 311 g/mol. The van der Waals surface area contributed by atoms with Crippen LogP contribution in [-0.2, 0) is 0 Å². The minimum absolute atomic E-state index is 0.335. The smallest absolute Gasteiger partial charge is 0.336 e. The Hall–Kier alpha value is -3.33. The van der Waals surface area contributed by atoms with Crippen molar-refractivity contribution in [2.24, 2.45) is 0 Å². The van der Waals surface area contributed by atoms with Crippen molar-refractivity contribution in [3.05, 3.63) is 83.3 Å². The molecule has 0 bridgehead atoms. The van der Waals surface area contributed by atoms with Crippen LogP contribution in [0.2, 0.25) is 0 Å². The molecule has 3 heteroatoms. The standard InChI is InChI=1S/C21H13NO2/c23-20-11-16(17-12-22-18-8-4-3-7-15(17)18)21-14-6-2-1-5-13(14)9-10-19(21)24-20/h1-12,22H. The first-order valence-electron chi connectivity index (χ1n) is 7.83. The van der Waals surface area contributed by atoms with E-state index < -0.39 is 0 Å². The van der Waals surface area contributed by atoms with Gasteiger partial charge < -0.3 is 9.40 Å². The van der Waals surface area contributed by atoms with Crippen molar-refractivity contribution in [2.45, 2.75) is 0 Å². The number of benzene rings is 3. The van der Waals surface area contributed by atoms with Gasteiger partial charge in [0.25, 0.3) is 0 Å². The molecule has 0 aliphatic carbocycles. The van der Waals surface area contributed by atoms with Crippen molar-refractivity contribution in [2.75, 3.05) is 0 Å². The summed E-state index contributed by atoms with van der Waals surface area (Å²) < 4.78 is 5.45. The van der Waals surface area contributed by atoms with Gasteiger partial charge >= 0.3 is 5.63 Å². The first kappa shape index (κ1) is 13.1. The molecule has 0 aliphatic heterocycles. The van der Waals surface area contributed by atoms with E-state index in [-0.39, 0.29) is 5.63 Å². The summed E-state index contributed by atoms with van der Waals surface area (Å²) >= 11 is 0. The molecule has 0 fully saturated rings. The van der Waals surface area contributed by atoms with Crippen LogP contribution in [0.25, 0.3) is 43.8 Å². The van der Waals surface area contributed by atoms with Crippen molar-refractivity contribution < 1.29 is 4.42 Å². The lowest BCUT2D eigenvalue weighted by atomic mass is 9.97. The highest BCUT2D eigenvalue weighted by Crippen LogP contribution is 2.36. The number of hydrogen-bond donors (Lipinski definition) is 1. The van der Waals surface area contributed by atoms with Gasteiger partial charge in [-0.1, -0.05) is 48.5 Å². The van der Waals surface area contributed by atoms with E-state index in [1.165, 1.54) is 0 Å². The second kappa shape index (κ2) is 4.83. The average molecular weight is 311 g/mol. The van der Waals surface area contributed by atoms with Gasteiger partial charge in [0.2, 0.25) is 0 Å². The molecule has 5 rings (SSSR count). The van der Waals surface area contributed by atoms with Gasteiger partial charge in [0.15, 0.2) is 0 Å². The van der Waals surface area contributed by atoms with Gasteiger partial charge in [0.1, 0.15) is 5.58 Å². The fraction of sp³-hybridized carbons (Fsp3) is 0. The molecule has 114 valence electrons. The predicted molar refractivity (Wildman–Crippen MR) is 97.3 cm³/mol. The van der Waals surface area contributed by atoms with Crippen molar-refractivity contribution in [3.8, 4) is 11.1 Å². The van der Waals surface area contributed by atoms with E-state index in [1.807, 2.05) is 48.7 Å². The number of nitrogens with one attached hydrogen (secondary N) is 1. The Morgan fingerprint density at radius 3 is 2.50 bits per heavy atom. The largest absolute Gasteiger partial charge is 0.423 e. The third-order valence-corrected chi connectivity index (χ3v) is 4.51. The van der Waals surface area contributed by atoms with E-state index >= 15 is 0 Å². The lowest BCUT2D eigenvalue weighted by molar-refractivity contribution is 0.562. The first-order chi connectivity index (χ1) is 11.8. The van der Waals surface area contributed by atoms with E-state index in [0.29, 0.717) is 5.58 Å². The summed E-state index contributed by atoms with van der Waals surface area (Å²) in [7, 11) is 0. The first-order valence-corrected chi connectivity index (χ1v) is 7.83. The number of fused-ring (bicyclic) bond motifs is 4. The molecule has 1 N–H and O–H groups in total.